The van der Waals surface area contributed by atoms with E-state index in [9.17, 15) is 9.59 Å². The molecule has 1 aromatic heterocycles. The summed E-state index contributed by atoms with van der Waals surface area (Å²) < 4.78 is 10.4. The number of carbonyl (C=O) groups excluding carboxylic acids is 1. The minimum Gasteiger partial charge on any atom is -0.497 e. The predicted molar refractivity (Wildman–Crippen MR) is 121 cm³/mol. The molecular formula is C23H25N3O4S. The lowest BCUT2D eigenvalue weighted by Crippen LogP contribution is -2.28. The molecule has 31 heavy (non-hydrogen) atoms. The number of amides is 1. The number of methoxy groups -OCH3 is 2. The normalized spacial score (nSPS) is 10.5. The Bertz CT molecular complexity index is 1080. The van der Waals surface area contributed by atoms with Crippen molar-refractivity contribution in [2.45, 2.75) is 23.8 Å². The molecule has 0 saturated carbocycles. The molecule has 1 amide bonds. The number of nitrogens with one attached hydrogen (secondary N) is 2. The topological polar surface area (TPSA) is 93.3 Å². The van der Waals surface area contributed by atoms with E-state index in [1.165, 1.54) is 17.8 Å². The number of benzene rings is 2. The first-order valence-electron chi connectivity index (χ1n) is 9.81. The Hall–Kier alpha value is -3.26. The lowest BCUT2D eigenvalue weighted by atomic mass is 10.1. The summed E-state index contributed by atoms with van der Waals surface area (Å²) in [5.74, 6) is 2.01. The number of nitrogens with zero attached hydrogens (tertiary/aromatic N) is 1. The third kappa shape index (κ3) is 7.18. The number of H-pyrrole nitrogens is 1. The SMILES string of the molecule is COc1cccc(CCNC(=O)Cc2cc(=O)[nH]c(SCc3cccc(OC)c3)n2)c1. The number of rotatable bonds is 10. The van der Waals surface area contributed by atoms with Gasteiger partial charge in [0.2, 0.25) is 5.91 Å². The first kappa shape index (κ1) is 22.4. The predicted octanol–water partition coefficient (Wildman–Crippen LogP) is 2.98. The van der Waals surface area contributed by atoms with Crippen LogP contribution in [-0.2, 0) is 23.4 Å². The molecule has 7 nitrogen and oxygen atoms in total. The molecule has 8 heteroatoms. The molecule has 0 aliphatic heterocycles. The van der Waals surface area contributed by atoms with Crippen LogP contribution < -0.4 is 20.3 Å². The number of aromatic nitrogens is 2. The van der Waals surface area contributed by atoms with Crippen molar-refractivity contribution in [3.8, 4) is 11.5 Å². The minimum absolute atomic E-state index is 0.0503. The van der Waals surface area contributed by atoms with Gasteiger partial charge in [-0.2, -0.15) is 0 Å². The van der Waals surface area contributed by atoms with E-state index in [0.29, 0.717) is 29.6 Å². The van der Waals surface area contributed by atoms with E-state index in [4.69, 9.17) is 9.47 Å². The summed E-state index contributed by atoms with van der Waals surface area (Å²) in [6.07, 6.45) is 0.738. The van der Waals surface area contributed by atoms with Gasteiger partial charge in [-0.3, -0.25) is 9.59 Å². The Kier molecular flexibility index (Phi) is 8.12. The zero-order valence-electron chi connectivity index (χ0n) is 17.5. The lowest BCUT2D eigenvalue weighted by Gasteiger charge is -2.08. The molecule has 162 valence electrons. The summed E-state index contributed by atoms with van der Waals surface area (Å²) in [4.78, 5) is 31.4. The second-order valence-electron chi connectivity index (χ2n) is 6.81. The number of hydrogen-bond acceptors (Lipinski definition) is 6. The van der Waals surface area contributed by atoms with E-state index in [1.54, 1.807) is 14.2 Å². The summed E-state index contributed by atoms with van der Waals surface area (Å²) in [6, 6.07) is 16.8. The second kappa shape index (κ2) is 11.2. The van der Waals surface area contributed by atoms with Crippen LogP contribution >= 0.6 is 11.8 Å². The average molecular weight is 440 g/mol. The zero-order valence-corrected chi connectivity index (χ0v) is 18.3. The maximum Gasteiger partial charge on any atom is 0.251 e. The molecule has 0 bridgehead atoms. The third-order valence-corrected chi connectivity index (χ3v) is 5.44. The molecule has 0 radical (unpaired) electrons. The van der Waals surface area contributed by atoms with Crippen molar-refractivity contribution < 1.29 is 14.3 Å². The van der Waals surface area contributed by atoms with Crippen LogP contribution in [0.25, 0.3) is 0 Å². The highest BCUT2D eigenvalue weighted by atomic mass is 32.2. The van der Waals surface area contributed by atoms with Crippen LogP contribution in [-0.4, -0.2) is 36.6 Å². The van der Waals surface area contributed by atoms with Crippen LogP contribution in [0.4, 0.5) is 0 Å². The third-order valence-electron chi connectivity index (χ3n) is 4.49. The quantitative estimate of drug-likeness (QED) is 0.373. The number of thioether (sulfide) groups is 1. The van der Waals surface area contributed by atoms with Crippen LogP contribution in [0.1, 0.15) is 16.8 Å². The van der Waals surface area contributed by atoms with Crippen molar-refractivity contribution in [1.29, 1.82) is 0 Å². The summed E-state index contributed by atoms with van der Waals surface area (Å²) in [7, 11) is 3.25. The van der Waals surface area contributed by atoms with E-state index in [-0.39, 0.29) is 17.9 Å². The van der Waals surface area contributed by atoms with Gasteiger partial charge in [-0.15, -0.1) is 0 Å². The molecular weight excluding hydrogens is 414 g/mol. The van der Waals surface area contributed by atoms with Gasteiger partial charge in [-0.05, 0) is 41.8 Å². The Labute approximate surface area is 185 Å². The van der Waals surface area contributed by atoms with E-state index in [1.807, 2.05) is 48.5 Å². The van der Waals surface area contributed by atoms with E-state index < -0.39 is 0 Å². The number of ether oxygens (including phenoxy) is 2. The molecule has 0 saturated heterocycles. The summed E-state index contributed by atoms with van der Waals surface area (Å²) in [5, 5.41) is 3.35. The van der Waals surface area contributed by atoms with E-state index >= 15 is 0 Å². The standard InChI is InChI=1S/C23H25N3O4S/c1-29-19-7-3-5-16(11-19)9-10-24-21(27)13-18-14-22(28)26-23(25-18)31-15-17-6-4-8-20(12-17)30-2/h3-8,11-12,14H,9-10,13,15H2,1-2H3,(H,24,27)(H,25,26,28). The van der Waals surface area contributed by atoms with Gasteiger partial charge in [-0.1, -0.05) is 36.0 Å². The highest BCUT2D eigenvalue weighted by Gasteiger charge is 2.09. The van der Waals surface area contributed by atoms with Crippen molar-refractivity contribution in [3.63, 3.8) is 0 Å². The van der Waals surface area contributed by atoms with Gasteiger partial charge < -0.3 is 19.8 Å². The van der Waals surface area contributed by atoms with Crippen molar-refractivity contribution in [1.82, 2.24) is 15.3 Å². The fraction of sp³-hybridized carbons (Fsp3) is 0.261. The van der Waals surface area contributed by atoms with Gasteiger partial charge in [0.1, 0.15) is 11.5 Å². The molecule has 2 N–H and O–H groups in total. The monoisotopic (exact) mass is 439 g/mol. The maximum atomic E-state index is 12.3. The fourth-order valence-electron chi connectivity index (χ4n) is 2.96. The Balaban J connectivity index is 1.53. The van der Waals surface area contributed by atoms with Crippen molar-refractivity contribution >= 4 is 17.7 Å². The van der Waals surface area contributed by atoms with Gasteiger partial charge >= 0.3 is 0 Å². The van der Waals surface area contributed by atoms with Gasteiger partial charge in [-0.25, -0.2) is 4.98 Å². The smallest absolute Gasteiger partial charge is 0.251 e. The van der Waals surface area contributed by atoms with Gasteiger partial charge in [0.05, 0.1) is 26.3 Å². The minimum atomic E-state index is -0.276. The highest BCUT2D eigenvalue weighted by Crippen LogP contribution is 2.21. The van der Waals surface area contributed by atoms with Crippen molar-refractivity contribution in [2.75, 3.05) is 20.8 Å². The van der Waals surface area contributed by atoms with Crippen LogP contribution in [0.5, 0.6) is 11.5 Å². The molecule has 2 aromatic carbocycles. The largest absolute Gasteiger partial charge is 0.497 e. The number of carbonyl (C=O) groups is 1. The van der Waals surface area contributed by atoms with E-state index in [2.05, 4.69) is 15.3 Å². The van der Waals surface area contributed by atoms with Crippen LogP contribution in [0.3, 0.4) is 0 Å². The van der Waals surface area contributed by atoms with Gasteiger partial charge in [0.25, 0.3) is 5.56 Å². The number of aromatic amines is 1. The molecule has 0 fully saturated rings. The molecule has 0 spiro atoms. The maximum absolute atomic E-state index is 12.3. The summed E-state index contributed by atoms with van der Waals surface area (Å²) in [6.45, 7) is 0.493. The van der Waals surface area contributed by atoms with Gasteiger partial charge in [0.15, 0.2) is 5.16 Å². The van der Waals surface area contributed by atoms with Gasteiger partial charge in [0, 0.05) is 18.4 Å². The van der Waals surface area contributed by atoms with Crippen LogP contribution in [0, 0.1) is 0 Å². The highest BCUT2D eigenvalue weighted by molar-refractivity contribution is 7.98. The first-order valence-corrected chi connectivity index (χ1v) is 10.8. The molecule has 0 unspecified atom stereocenters. The van der Waals surface area contributed by atoms with Crippen molar-refractivity contribution in [3.05, 3.63) is 81.8 Å². The summed E-state index contributed by atoms with van der Waals surface area (Å²) in [5.41, 5.74) is 2.29. The molecule has 3 aromatic rings. The Morgan fingerprint density at radius 3 is 2.42 bits per heavy atom. The Morgan fingerprint density at radius 1 is 1.03 bits per heavy atom. The summed E-state index contributed by atoms with van der Waals surface area (Å²) >= 11 is 1.40. The van der Waals surface area contributed by atoms with E-state index in [0.717, 1.165) is 22.6 Å². The second-order valence-corrected chi connectivity index (χ2v) is 7.77. The van der Waals surface area contributed by atoms with Crippen molar-refractivity contribution in [2.24, 2.45) is 0 Å². The number of hydrogen-bond donors (Lipinski definition) is 2. The molecule has 3 rings (SSSR count). The molecule has 1 heterocycles. The van der Waals surface area contributed by atoms with Crippen LogP contribution in [0.2, 0.25) is 0 Å². The van der Waals surface area contributed by atoms with Crippen LogP contribution in [0.15, 0.2) is 64.5 Å². The molecule has 0 aliphatic rings. The zero-order chi connectivity index (χ0) is 22.1. The fourth-order valence-corrected chi connectivity index (χ4v) is 3.80. The first-order chi connectivity index (χ1) is 15.1. The molecule has 0 atom stereocenters. The average Bonchev–Trinajstić information content (AvgIpc) is 2.77. The molecule has 0 aliphatic carbocycles. The Morgan fingerprint density at radius 2 is 1.71 bits per heavy atom. The lowest BCUT2D eigenvalue weighted by molar-refractivity contribution is -0.120.